The summed E-state index contributed by atoms with van der Waals surface area (Å²) >= 11 is 0. The molecule has 0 amide bonds. The van der Waals surface area contributed by atoms with Crippen LogP contribution < -0.4 is 0 Å². The first kappa shape index (κ1) is 14.1. The Bertz CT molecular complexity index is 934. The van der Waals surface area contributed by atoms with E-state index in [9.17, 15) is 0 Å². The van der Waals surface area contributed by atoms with Crippen LogP contribution in [-0.4, -0.2) is 21.2 Å². The molecule has 4 heteroatoms. The van der Waals surface area contributed by atoms with E-state index in [-0.39, 0.29) is 11.0 Å². The van der Waals surface area contributed by atoms with Crippen LogP contribution in [-0.2, 0) is 5.41 Å². The molecule has 23 heavy (non-hydrogen) atoms. The second kappa shape index (κ2) is 4.51. The average Bonchev–Trinajstić information content (AvgIpc) is 3.01. The van der Waals surface area contributed by atoms with Gasteiger partial charge in [-0.1, -0.05) is 26.0 Å². The van der Waals surface area contributed by atoms with E-state index in [1.165, 1.54) is 0 Å². The summed E-state index contributed by atoms with van der Waals surface area (Å²) in [5.41, 5.74) is 3.95. The molecule has 0 atom stereocenters. The lowest BCUT2D eigenvalue weighted by atomic mass is 9.69. The summed E-state index contributed by atoms with van der Waals surface area (Å²) in [4.78, 5) is 14.3. The van der Waals surface area contributed by atoms with Crippen molar-refractivity contribution in [1.82, 2.24) is 9.97 Å². The number of hydrogen-bond donors (Lipinski definition) is 0. The average molecular weight is 305 g/mol. The van der Waals surface area contributed by atoms with E-state index in [2.05, 4.69) is 32.7 Å². The molecule has 0 aliphatic carbocycles. The van der Waals surface area contributed by atoms with Crippen molar-refractivity contribution in [3.05, 3.63) is 59.8 Å². The van der Waals surface area contributed by atoms with Gasteiger partial charge in [-0.25, -0.2) is 4.98 Å². The summed E-state index contributed by atoms with van der Waals surface area (Å²) in [7, 11) is 0. The molecule has 0 saturated heterocycles. The van der Waals surface area contributed by atoms with Gasteiger partial charge in [0, 0.05) is 11.0 Å². The molecule has 2 aromatic heterocycles. The number of benzene rings is 1. The zero-order chi connectivity index (χ0) is 16.2. The van der Waals surface area contributed by atoms with Crippen LogP contribution >= 0.6 is 0 Å². The molecule has 4 nitrogen and oxygen atoms in total. The molecular weight excluding hydrogens is 286 g/mol. The standard InChI is InChI=1S/C19H19N3O/c1-18(2)17-12(9-10-23-17)16(22-19(18,3)4)15-11-20-13-7-5-6-8-14(13)21-15/h5-11H,1-4H3. The summed E-state index contributed by atoms with van der Waals surface area (Å²) in [6.45, 7) is 8.60. The van der Waals surface area contributed by atoms with Gasteiger partial charge in [-0.15, -0.1) is 0 Å². The predicted molar refractivity (Wildman–Crippen MR) is 91.0 cm³/mol. The van der Waals surface area contributed by atoms with E-state index in [1.54, 1.807) is 12.5 Å². The lowest BCUT2D eigenvalue weighted by Gasteiger charge is -2.41. The fourth-order valence-corrected chi connectivity index (χ4v) is 3.00. The van der Waals surface area contributed by atoms with E-state index in [0.29, 0.717) is 0 Å². The Kier molecular flexibility index (Phi) is 2.77. The monoisotopic (exact) mass is 305 g/mol. The number of hydrogen-bond acceptors (Lipinski definition) is 4. The van der Waals surface area contributed by atoms with E-state index >= 15 is 0 Å². The Morgan fingerprint density at radius 1 is 0.957 bits per heavy atom. The van der Waals surface area contributed by atoms with Crippen molar-refractivity contribution in [2.24, 2.45) is 4.99 Å². The van der Waals surface area contributed by atoms with Crippen LogP contribution in [0.15, 0.2) is 52.2 Å². The highest BCUT2D eigenvalue weighted by Crippen LogP contribution is 2.44. The van der Waals surface area contributed by atoms with Crippen molar-refractivity contribution in [3.63, 3.8) is 0 Å². The zero-order valence-corrected chi connectivity index (χ0v) is 13.8. The van der Waals surface area contributed by atoms with Crippen molar-refractivity contribution in [1.29, 1.82) is 0 Å². The molecule has 1 aliphatic heterocycles. The Labute approximate surface area is 135 Å². The van der Waals surface area contributed by atoms with Crippen molar-refractivity contribution >= 4 is 16.7 Å². The van der Waals surface area contributed by atoms with Gasteiger partial charge in [0.2, 0.25) is 0 Å². The summed E-state index contributed by atoms with van der Waals surface area (Å²) in [6, 6.07) is 9.85. The van der Waals surface area contributed by atoms with Crippen LogP contribution in [0.2, 0.25) is 0 Å². The van der Waals surface area contributed by atoms with Gasteiger partial charge in [0.15, 0.2) is 0 Å². The van der Waals surface area contributed by atoms with E-state index in [4.69, 9.17) is 14.4 Å². The van der Waals surface area contributed by atoms with Crippen LogP contribution in [0.4, 0.5) is 0 Å². The van der Waals surface area contributed by atoms with Gasteiger partial charge < -0.3 is 4.42 Å². The number of nitrogens with zero attached hydrogens (tertiary/aromatic N) is 3. The highest BCUT2D eigenvalue weighted by Gasteiger charge is 2.46. The third kappa shape index (κ3) is 1.94. The molecule has 4 rings (SSSR count). The predicted octanol–water partition coefficient (Wildman–Crippen LogP) is 4.13. The maximum Gasteiger partial charge on any atom is 0.121 e. The lowest BCUT2D eigenvalue weighted by molar-refractivity contribution is 0.252. The molecule has 1 aromatic carbocycles. The van der Waals surface area contributed by atoms with Gasteiger partial charge in [-0.2, -0.15) is 0 Å². The largest absolute Gasteiger partial charge is 0.468 e. The second-order valence-corrected chi connectivity index (χ2v) is 7.05. The summed E-state index contributed by atoms with van der Waals surface area (Å²) < 4.78 is 5.82. The third-order valence-electron chi connectivity index (χ3n) is 5.10. The van der Waals surface area contributed by atoms with Crippen LogP contribution in [0.1, 0.15) is 44.7 Å². The lowest BCUT2D eigenvalue weighted by Crippen LogP contribution is -2.45. The minimum Gasteiger partial charge on any atom is -0.468 e. The smallest absolute Gasteiger partial charge is 0.121 e. The van der Waals surface area contributed by atoms with Crippen LogP contribution in [0.5, 0.6) is 0 Å². The minimum atomic E-state index is -0.291. The van der Waals surface area contributed by atoms with Gasteiger partial charge in [0.05, 0.1) is 34.7 Å². The number of aromatic nitrogens is 2. The molecule has 0 bridgehead atoms. The highest BCUT2D eigenvalue weighted by molar-refractivity contribution is 6.13. The van der Waals surface area contributed by atoms with Gasteiger partial charge in [0.25, 0.3) is 0 Å². The molecule has 1 aliphatic rings. The summed E-state index contributed by atoms with van der Waals surface area (Å²) in [6.07, 6.45) is 3.53. The fourth-order valence-electron chi connectivity index (χ4n) is 3.00. The molecule has 116 valence electrons. The SMILES string of the molecule is CC1(C)N=C(c2cnc3ccccc3n2)c2ccoc2C1(C)C. The highest BCUT2D eigenvalue weighted by atomic mass is 16.3. The summed E-state index contributed by atoms with van der Waals surface area (Å²) in [5, 5.41) is 0. The van der Waals surface area contributed by atoms with Gasteiger partial charge >= 0.3 is 0 Å². The maximum absolute atomic E-state index is 5.82. The number of furan rings is 1. The Hall–Kier alpha value is -2.49. The van der Waals surface area contributed by atoms with Crippen LogP contribution in [0.25, 0.3) is 11.0 Å². The molecule has 0 fully saturated rings. The van der Waals surface area contributed by atoms with E-state index < -0.39 is 0 Å². The van der Waals surface area contributed by atoms with Gasteiger partial charge in [0.1, 0.15) is 11.5 Å². The number of aliphatic imine (C=N–C) groups is 1. The first-order valence-corrected chi connectivity index (χ1v) is 7.80. The van der Waals surface area contributed by atoms with E-state index in [1.807, 2.05) is 30.3 Å². The Balaban J connectivity index is 1.95. The van der Waals surface area contributed by atoms with Gasteiger partial charge in [-0.3, -0.25) is 9.98 Å². The van der Waals surface area contributed by atoms with Crippen LogP contribution in [0, 0.1) is 0 Å². The number of rotatable bonds is 1. The first-order valence-electron chi connectivity index (χ1n) is 7.80. The quantitative estimate of drug-likeness (QED) is 0.679. The first-order chi connectivity index (χ1) is 10.9. The molecule has 0 unspecified atom stereocenters. The van der Waals surface area contributed by atoms with Crippen molar-refractivity contribution < 1.29 is 4.42 Å². The maximum atomic E-state index is 5.82. The molecule has 0 spiro atoms. The third-order valence-corrected chi connectivity index (χ3v) is 5.10. The fraction of sp³-hybridized carbons (Fsp3) is 0.316. The van der Waals surface area contributed by atoms with Crippen molar-refractivity contribution in [3.8, 4) is 0 Å². The molecule has 3 heterocycles. The second-order valence-electron chi connectivity index (χ2n) is 7.05. The molecule has 3 aromatic rings. The number of para-hydroxylation sites is 2. The van der Waals surface area contributed by atoms with Crippen LogP contribution in [0.3, 0.4) is 0 Å². The molecule has 0 saturated carbocycles. The Morgan fingerprint density at radius 3 is 2.48 bits per heavy atom. The zero-order valence-electron chi connectivity index (χ0n) is 13.8. The molecule has 0 radical (unpaired) electrons. The van der Waals surface area contributed by atoms with Crippen molar-refractivity contribution in [2.75, 3.05) is 0 Å². The number of fused-ring (bicyclic) bond motifs is 2. The topological polar surface area (TPSA) is 51.3 Å². The van der Waals surface area contributed by atoms with Crippen molar-refractivity contribution in [2.45, 2.75) is 38.6 Å². The summed E-state index contributed by atoms with van der Waals surface area (Å²) in [5.74, 6) is 0.961. The van der Waals surface area contributed by atoms with E-state index in [0.717, 1.165) is 33.8 Å². The normalized spacial score (nSPS) is 18.5. The van der Waals surface area contributed by atoms with Gasteiger partial charge in [-0.05, 0) is 32.0 Å². The molecule has 0 N–H and O–H groups in total. The molecular formula is C19H19N3O. The minimum absolute atomic E-state index is 0.181. The Morgan fingerprint density at radius 2 is 1.70 bits per heavy atom.